The molecule has 0 N–H and O–H groups in total. The summed E-state index contributed by atoms with van der Waals surface area (Å²) in [5.74, 6) is 4.15. The summed E-state index contributed by atoms with van der Waals surface area (Å²) >= 11 is 0. The van der Waals surface area contributed by atoms with Gasteiger partial charge in [0.25, 0.3) is 0 Å². The highest BCUT2D eigenvalue weighted by Gasteiger charge is 2.69. The van der Waals surface area contributed by atoms with Gasteiger partial charge in [0.05, 0.1) is 45.3 Å². The average Bonchev–Trinajstić information content (AvgIpc) is 3.63. The number of rotatable bonds is 8. The number of nitrogens with zero attached hydrogens (tertiary/aromatic N) is 1. The van der Waals surface area contributed by atoms with Gasteiger partial charge >= 0.3 is 0 Å². The van der Waals surface area contributed by atoms with Crippen LogP contribution in [0.4, 0.5) is 0 Å². The van der Waals surface area contributed by atoms with E-state index in [0.717, 1.165) is 66.3 Å². The number of hydrogen-bond acceptors (Lipinski definition) is 4. The van der Waals surface area contributed by atoms with Crippen molar-refractivity contribution in [2.24, 2.45) is 11.8 Å². The molecular formula is C31H38NO4+. The Morgan fingerprint density at radius 3 is 2.75 bits per heavy atom. The number of methoxy groups -OCH3 is 1. The predicted octanol–water partition coefficient (Wildman–Crippen LogP) is 4.87. The van der Waals surface area contributed by atoms with Crippen molar-refractivity contribution < 1.29 is 23.5 Å². The maximum atomic E-state index is 13.3. The Labute approximate surface area is 214 Å². The molecule has 1 spiro atoms. The number of Topliss-reactive ketones (excluding diaryl/α,β-unsaturated/α-hetero) is 1. The third-order valence-corrected chi connectivity index (χ3v) is 10.2. The molecular weight excluding hydrogens is 450 g/mol. The highest BCUT2D eigenvalue weighted by Crippen LogP contribution is 2.65. The van der Waals surface area contributed by atoms with Crippen LogP contribution >= 0.6 is 0 Å². The summed E-state index contributed by atoms with van der Waals surface area (Å²) in [5, 5.41) is 0. The minimum absolute atomic E-state index is 0.207. The molecule has 2 aliphatic heterocycles. The van der Waals surface area contributed by atoms with Crippen LogP contribution in [0.3, 0.4) is 0 Å². The molecule has 0 radical (unpaired) electrons. The van der Waals surface area contributed by atoms with Crippen molar-refractivity contribution >= 4 is 5.78 Å². The van der Waals surface area contributed by atoms with E-state index in [1.165, 1.54) is 36.1 Å². The lowest BCUT2D eigenvalue weighted by Gasteiger charge is -2.60. The Hall–Kier alpha value is -2.53. The van der Waals surface area contributed by atoms with Crippen molar-refractivity contribution in [3.05, 3.63) is 53.1 Å². The summed E-state index contributed by atoms with van der Waals surface area (Å²) in [4.78, 5) is 13.3. The van der Waals surface area contributed by atoms with Gasteiger partial charge in [-0.3, -0.25) is 4.79 Å². The first-order valence-electron chi connectivity index (χ1n) is 14.0. The highest BCUT2D eigenvalue weighted by atomic mass is 16.5. The minimum atomic E-state index is -0.357. The first kappa shape index (κ1) is 22.7. The molecule has 2 aromatic carbocycles. The number of carbonyl (C=O) groups excluding carboxylic acids is 1. The molecule has 5 heteroatoms. The fourth-order valence-corrected chi connectivity index (χ4v) is 8.33. The number of piperidine rings is 1. The number of hydrogen-bond donors (Lipinski definition) is 0. The number of benzene rings is 2. The smallest absolute Gasteiger partial charge is 0.174 e. The van der Waals surface area contributed by atoms with E-state index in [0.29, 0.717) is 25.0 Å². The van der Waals surface area contributed by atoms with Crippen LogP contribution in [0.5, 0.6) is 17.2 Å². The predicted molar refractivity (Wildman–Crippen MR) is 138 cm³/mol. The lowest BCUT2D eigenvalue weighted by atomic mass is 9.51. The lowest BCUT2D eigenvalue weighted by molar-refractivity contribution is -0.946. The standard InChI is InChI=1S/C31H38NO4/c1-32(19-21-10-11-21)15-14-31-23-12-13-25(33)30(31)36-29-27(34-2)18-26(22(28(29)31)17-24(23)32)35-16-6-9-20-7-4-3-5-8-20/h3-5,7-8,18,21,23-24,30H,6,9-17,19H2,1-2H3/q+1/t23-,24+,30-,31-,32+/m0/s1. The van der Waals surface area contributed by atoms with Crippen LogP contribution in [0.1, 0.15) is 55.2 Å². The SMILES string of the molecule is COc1cc(OCCCc2ccccc2)c2c3c1O[C@H]1C(=O)CC[C@H]4[C@@H](C2)[N@@+](C)(CC2CC2)CC[C@]314. The minimum Gasteiger partial charge on any atom is -0.493 e. The zero-order valence-corrected chi connectivity index (χ0v) is 21.6. The van der Waals surface area contributed by atoms with Gasteiger partial charge < -0.3 is 18.7 Å². The van der Waals surface area contributed by atoms with Crippen LogP contribution in [0.2, 0.25) is 0 Å². The zero-order valence-electron chi connectivity index (χ0n) is 21.6. The van der Waals surface area contributed by atoms with Crippen molar-refractivity contribution in [2.75, 3.05) is 33.9 Å². The number of aryl methyl sites for hydroxylation is 1. The Bertz CT molecular complexity index is 1190. The summed E-state index contributed by atoms with van der Waals surface area (Å²) in [6.07, 6.45) is 8.05. The van der Waals surface area contributed by atoms with Crippen molar-refractivity contribution in [2.45, 2.75) is 68.9 Å². The average molecular weight is 489 g/mol. The van der Waals surface area contributed by atoms with Crippen LogP contribution in [0.15, 0.2) is 36.4 Å². The number of ketones is 1. The van der Waals surface area contributed by atoms with Gasteiger partial charge in [-0.1, -0.05) is 30.3 Å². The fourth-order valence-electron chi connectivity index (χ4n) is 8.33. The van der Waals surface area contributed by atoms with E-state index in [2.05, 4.69) is 37.4 Å². The van der Waals surface area contributed by atoms with E-state index in [-0.39, 0.29) is 17.3 Å². The van der Waals surface area contributed by atoms with Gasteiger partial charge in [0.1, 0.15) is 5.75 Å². The van der Waals surface area contributed by atoms with E-state index in [1.807, 2.05) is 6.07 Å². The van der Waals surface area contributed by atoms with Crippen LogP contribution < -0.4 is 14.2 Å². The highest BCUT2D eigenvalue weighted by molar-refractivity contribution is 5.89. The summed E-state index contributed by atoms with van der Waals surface area (Å²) in [6.45, 7) is 3.08. The number of carbonyl (C=O) groups is 1. The molecule has 2 bridgehead atoms. The second-order valence-corrected chi connectivity index (χ2v) is 12.2. The Balaban J connectivity index is 1.26. The third kappa shape index (κ3) is 3.27. The molecule has 5 nitrogen and oxygen atoms in total. The molecule has 1 saturated heterocycles. The first-order chi connectivity index (χ1) is 17.5. The van der Waals surface area contributed by atoms with Crippen LogP contribution in [0, 0.1) is 11.8 Å². The Kier molecular flexibility index (Phi) is 5.18. The molecule has 3 aliphatic carbocycles. The van der Waals surface area contributed by atoms with Crippen LogP contribution in [-0.4, -0.2) is 56.3 Å². The van der Waals surface area contributed by atoms with Gasteiger partial charge in [-0.15, -0.1) is 0 Å². The van der Waals surface area contributed by atoms with Crippen molar-refractivity contribution in [1.82, 2.24) is 0 Å². The monoisotopic (exact) mass is 488 g/mol. The lowest BCUT2D eigenvalue weighted by Crippen LogP contribution is -2.72. The quantitative estimate of drug-likeness (QED) is 0.393. The molecule has 2 heterocycles. The van der Waals surface area contributed by atoms with Crippen molar-refractivity contribution in [3.63, 3.8) is 0 Å². The molecule has 5 aliphatic rings. The van der Waals surface area contributed by atoms with E-state index in [9.17, 15) is 4.79 Å². The van der Waals surface area contributed by atoms with E-state index in [4.69, 9.17) is 14.2 Å². The van der Waals surface area contributed by atoms with Gasteiger partial charge in [0.15, 0.2) is 23.4 Å². The molecule has 0 aromatic heterocycles. The Morgan fingerprint density at radius 1 is 1.14 bits per heavy atom. The fraction of sp³-hybridized carbons (Fsp3) is 0.581. The molecule has 2 aromatic rings. The van der Waals surface area contributed by atoms with Gasteiger partial charge in [-0.2, -0.15) is 0 Å². The third-order valence-electron chi connectivity index (χ3n) is 10.2. The second kappa shape index (κ2) is 8.24. The Morgan fingerprint density at radius 2 is 1.97 bits per heavy atom. The van der Waals surface area contributed by atoms with Crippen LogP contribution in [0.25, 0.3) is 0 Å². The molecule has 7 rings (SSSR count). The maximum Gasteiger partial charge on any atom is 0.174 e. The first-order valence-corrected chi connectivity index (χ1v) is 14.0. The summed E-state index contributed by atoms with van der Waals surface area (Å²) in [7, 11) is 4.20. The molecule has 0 amide bonds. The van der Waals surface area contributed by atoms with Gasteiger partial charge in [-0.05, 0) is 37.7 Å². The summed E-state index contributed by atoms with van der Waals surface area (Å²) in [6, 6.07) is 13.2. The van der Waals surface area contributed by atoms with E-state index < -0.39 is 0 Å². The van der Waals surface area contributed by atoms with Crippen LogP contribution in [-0.2, 0) is 23.1 Å². The summed E-state index contributed by atoms with van der Waals surface area (Å²) in [5.41, 5.74) is 3.69. The van der Waals surface area contributed by atoms with E-state index in [1.54, 1.807) is 7.11 Å². The molecule has 190 valence electrons. The largest absolute Gasteiger partial charge is 0.493 e. The molecule has 3 fully saturated rings. The molecule has 2 saturated carbocycles. The van der Waals surface area contributed by atoms with Gasteiger partial charge in [0.2, 0.25) is 0 Å². The van der Waals surface area contributed by atoms with E-state index >= 15 is 0 Å². The van der Waals surface area contributed by atoms with Crippen molar-refractivity contribution in [1.29, 1.82) is 0 Å². The molecule has 5 atom stereocenters. The molecule has 36 heavy (non-hydrogen) atoms. The number of quaternary nitrogens is 1. The zero-order chi connectivity index (χ0) is 24.5. The number of likely N-dealkylation sites (tertiary alicyclic amines) is 1. The van der Waals surface area contributed by atoms with Crippen molar-refractivity contribution in [3.8, 4) is 17.2 Å². The molecule has 0 unspecified atom stereocenters. The number of ether oxygens (including phenoxy) is 3. The number of likely N-dealkylation sites (N-methyl/N-ethyl adjacent to an activating group) is 1. The normalized spacial score (nSPS) is 33.6. The topological polar surface area (TPSA) is 44.8 Å². The van der Waals surface area contributed by atoms with Gasteiger partial charge in [-0.25, -0.2) is 0 Å². The van der Waals surface area contributed by atoms with Gasteiger partial charge in [0, 0.05) is 48.3 Å². The second-order valence-electron chi connectivity index (χ2n) is 12.2. The maximum absolute atomic E-state index is 13.3. The summed E-state index contributed by atoms with van der Waals surface area (Å²) < 4.78 is 20.1.